The maximum absolute atomic E-state index is 8.81. The summed E-state index contributed by atoms with van der Waals surface area (Å²) in [4.78, 5) is 17.6. The van der Waals surface area contributed by atoms with Gasteiger partial charge in [0.15, 0.2) is 0 Å². The Bertz CT molecular complexity index is 14.4. The molecule has 0 radical (unpaired) electrons. The molecule has 0 aromatic rings. The van der Waals surface area contributed by atoms with E-state index in [2.05, 4.69) is 5.50 Å². The monoisotopic (exact) mass is 137 g/mol. The van der Waals surface area contributed by atoms with Gasteiger partial charge in [-0.2, -0.15) is 0 Å². The molecule has 0 aliphatic carbocycles. The summed E-state index contributed by atoms with van der Waals surface area (Å²) in [5.41, 5.74) is 4.06. The zero-order valence-electron chi connectivity index (χ0n) is 2.16. The minimum absolute atomic E-state index is 0. The number of rotatable bonds is 0. The van der Waals surface area contributed by atoms with Gasteiger partial charge in [-0.15, -0.1) is 0 Å². The van der Waals surface area contributed by atoms with Gasteiger partial charge in [-0.05, 0) is 0 Å². The smallest absolute Gasteiger partial charge is 0.830 e. The summed E-state index contributed by atoms with van der Waals surface area (Å²) in [6.45, 7) is 0. The van der Waals surface area contributed by atoms with E-state index in [4.69, 9.17) is 9.79 Å². The summed E-state index contributed by atoms with van der Waals surface area (Å²) in [5.74, 6) is 0. The van der Waals surface area contributed by atoms with E-state index >= 15 is 0 Å². The minimum Gasteiger partial charge on any atom is -0.830 e. The van der Waals surface area contributed by atoms with Gasteiger partial charge in [0.1, 0.15) is 0 Å². The average molecular weight is 138 g/mol. The summed E-state index contributed by atoms with van der Waals surface area (Å²) >= 11 is 0. The van der Waals surface area contributed by atoms with Crippen LogP contribution in [-0.2, 0) is 16.5 Å². The third kappa shape index (κ3) is 58.5. The van der Waals surface area contributed by atoms with Gasteiger partial charge in [-0.25, -0.2) is 8.53 Å². The molecule has 5 heteroatoms. The Morgan fingerprint density at radius 3 is 1.40 bits per heavy atom. The number of hydrogen-bond donors (Lipinski definition) is 1. The topological polar surface area (TPSA) is 72.1 Å². The molecule has 0 aliphatic heterocycles. The molecular weight excluding hydrogens is 136 g/mol. The maximum atomic E-state index is 8.81. The Morgan fingerprint density at radius 1 is 1.40 bits per heavy atom. The van der Waals surface area contributed by atoms with Crippen LogP contribution in [0.3, 0.4) is 0 Å². The van der Waals surface area contributed by atoms with Crippen molar-refractivity contribution in [2.75, 3.05) is 0 Å². The molecule has 0 fully saturated rings. The first kappa shape index (κ1) is 9.26. The molecule has 0 spiro atoms. The van der Waals surface area contributed by atoms with Crippen molar-refractivity contribution in [1.29, 1.82) is 0 Å². The largest absolute Gasteiger partial charge is 2.00 e. The normalized spacial score (nSPS) is 7.20. The molecule has 0 atom stereocenters. The van der Waals surface area contributed by atoms with E-state index in [1.165, 1.54) is 0 Å². The van der Waals surface area contributed by atoms with Crippen LogP contribution in [0.4, 0.5) is 0 Å². The molecule has 0 heterocycles. The van der Waals surface area contributed by atoms with E-state index in [9.17, 15) is 0 Å². The Labute approximate surface area is 41.1 Å². The first-order valence-corrected chi connectivity index (χ1v) is 1.87. The molecule has 0 aliphatic rings. The van der Waals surface area contributed by atoms with Crippen LogP contribution in [0.5, 0.6) is 0 Å². The van der Waals surface area contributed by atoms with Crippen LogP contribution < -0.4 is 15.3 Å². The molecule has 0 aromatic heterocycles. The molecule has 2 N–H and O–H groups in total. The van der Waals surface area contributed by atoms with Crippen LogP contribution >= 0.6 is 8.53 Å². The van der Waals surface area contributed by atoms with Gasteiger partial charge in [0, 0.05) is 0 Å². The van der Waals surface area contributed by atoms with Crippen molar-refractivity contribution in [3.63, 3.8) is 0 Å². The third-order valence-electron chi connectivity index (χ3n) is 0. The predicted molar refractivity (Wildman–Crippen MR) is 11.1 cm³/mol. The van der Waals surface area contributed by atoms with Crippen molar-refractivity contribution in [3.8, 4) is 0 Å². The second kappa shape index (κ2) is 4.80. The zero-order valence-corrected chi connectivity index (χ0v) is 4.04. The van der Waals surface area contributed by atoms with E-state index in [1.807, 2.05) is 0 Å². The second-order valence-electron chi connectivity index (χ2n) is 0.285. The van der Waals surface area contributed by atoms with E-state index in [0.29, 0.717) is 0 Å². The molecule has 0 saturated carbocycles. The molecule has 0 saturated heterocycles. The van der Waals surface area contributed by atoms with Crippen LogP contribution in [0.25, 0.3) is 0 Å². The average Bonchev–Trinajstić information content (AvgIpc) is 0.811. The zero-order chi connectivity index (χ0) is 3.58. The van der Waals surface area contributed by atoms with Gasteiger partial charge < -0.3 is 15.3 Å². The van der Waals surface area contributed by atoms with Crippen LogP contribution in [0.2, 0.25) is 0 Å². The minimum atomic E-state index is -2.62. The summed E-state index contributed by atoms with van der Waals surface area (Å²) in [7, 11) is -2.62. The molecule has 5 heavy (non-hydrogen) atoms. The molecule has 0 amide bonds. The molecule has 0 bridgehead atoms. The van der Waals surface area contributed by atoms with Crippen molar-refractivity contribution in [1.82, 2.24) is 0 Å². The number of nitrogens with two attached hydrogens (primary N) is 1. The summed E-state index contributed by atoms with van der Waals surface area (Å²) in [6.07, 6.45) is 0. The molecule has 3 nitrogen and oxygen atoms in total. The first-order valence-electron chi connectivity index (χ1n) is 0.623. The predicted octanol–water partition coefficient (Wildman–Crippen LogP) is -2.11. The molecule has 0 unspecified atom stereocenters. The van der Waals surface area contributed by atoms with E-state index in [1.54, 1.807) is 0 Å². The van der Waals surface area contributed by atoms with Crippen molar-refractivity contribution >= 4 is 8.53 Å². The van der Waals surface area contributed by atoms with Crippen molar-refractivity contribution in [3.05, 3.63) is 0 Å². The first-order chi connectivity index (χ1) is 1.73. The quantitative estimate of drug-likeness (QED) is 0.307. The Hall–Kier alpha value is 0.804. The van der Waals surface area contributed by atoms with Crippen molar-refractivity contribution < 1.29 is 26.3 Å². The number of hydrogen-bond acceptors (Lipinski definition) is 3. The van der Waals surface area contributed by atoms with Crippen LogP contribution in [0.15, 0.2) is 0 Å². The molecule has 0 aromatic carbocycles. The molecule has 0 rings (SSSR count). The second-order valence-corrected chi connectivity index (χ2v) is 0.856. The van der Waals surface area contributed by atoms with Crippen LogP contribution in [0, 0.1) is 0 Å². The standard InChI is InChI=1S/H2NO2P.Ni/c1-4(2)3;/h1H2;/q-2;+2. The third-order valence-corrected chi connectivity index (χ3v) is 0. The summed E-state index contributed by atoms with van der Waals surface area (Å²) in [5, 5.41) is 0. The Kier molecular flexibility index (Phi) is 8.89. The van der Waals surface area contributed by atoms with Crippen molar-refractivity contribution in [2.24, 2.45) is 5.50 Å². The van der Waals surface area contributed by atoms with Gasteiger partial charge in [-0.1, -0.05) is 0 Å². The van der Waals surface area contributed by atoms with E-state index in [-0.39, 0.29) is 16.5 Å². The Morgan fingerprint density at radius 2 is 1.40 bits per heavy atom. The van der Waals surface area contributed by atoms with Gasteiger partial charge >= 0.3 is 16.5 Å². The van der Waals surface area contributed by atoms with Gasteiger partial charge in [-0.3, -0.25) is 0 Å². The van der Waals surface area contributed by atoms with E-state index in [0.717, 1.165) is 0 Å². The van der Waals surface area contributed by atoms with Crippen LogP contribution in [-0.4, -0.2) is 0 Å². The van der Waals surface area contributed by atoms with Gasteiger partial charge in [0.25, 0.3) is 0 Å². The van der Waals surface area contributed by atoms with E-state index < -0.39 is 8.53 Å². The summed E-state index contributed by atoms with van der Waals surface area (Å²) in [6, 6.07) is 0. The summed E-state index contributed by atoms with van der Waals surface area (Å²) < 4.78 is 0. The fourth-order valence-electron chi connectivity index (χ4n) is 0. The van der Waals surface area contributed by atoms with Gasteiger partial charge in [0.05, 0.1) is 0 Å². The van der Waals surface area contributed by atoms with Crippen LogP contribution in [0.1, 0.15) is 0 Å². The van der Waals surface area contributed by atoms with Gasteiger partial charge in [0.2, 0.25) is 0 Å². The maximum Gasteiger partial charge on any atom is 2.00 e. The molecular formula is H2NNiO2P. The SMILES string of the molecule is NP([O-])[O-].[Ni+2]. The fraction of sp³-hybridized carbons (Fsp3) is 0. The van der Waals surface area contributed by atoms with Crippen molar-refractivity contribution in [2.45, 2.75) is 0 Å². The Balaban J connectivity index is 0. The fourth-order valence-corrected chi connectivity index (χ4v) is 0. The molecule has 34 valence electrons.